The number of halogens is 3. The Hall–Kier alpha value is -0.327. The number of nitriles is 1. The maximum absolute atomic E-state index is 12.4. The van der Waals surface area contributed by atoms with E-state index in [0.29, 0.717) is 6.07 Å². The Balaban J connectivity index is 0.000000561. The first-order chi connectivity index (χ1) is 5.74. The molecule has 1 rings (SSSR count). The average molecular weight is 283 g/mol. The third-order valence-corrected chi connectivity index (χ3v) is 0.970. The first-order valence-corrected chi connectivity index (χ1v) is 9.72. The molecule has 0 atom stereocenters. The van der Waals surface area contributed by atoms with E-state index in [2.05, 4.69) is 19.7 Å². The molecule has 0 aromatic heterocycles. The summed E-state index contributed by atoms with van der Waals surface area (Å²) in [6, 6.07) is 5.23. The van der Waals surface area contributed by atoms with Crippen LogP contribution in [0.25, 0.3) is 0 Å². The Labute approximate surface area is 85.4 Å². The van der Waals surface area contributed by atoms with Gasteiger partial charge < -0.3 is 0 Å². The van der Waals surface area contributed by atoms with Gasteiger partial charge in [-0.05, 0) is 11.6 Å². The molecule has 0 saturated carbocycles. The van der Waals surface area contributed by atoms with Crippen LogP contribution in [0.3, 0.4) is 0 Å². The van der Waals surface area contributed by atoms with Gasteiger partial charge in [-0.25, -0.2) is 0 Å². The van der Waals surface area contributed by atoms with E-state index in [0.717, 1.165) is 6.07 Å². The van der Waals surface area contributed by atoms with Crippen molar-refractivity contribution in [1.82, 2.24) is 0 Å². The Kier molecular flexibility index (Phi) is 6.05. The molecular formula is C7H2BrF2NZn. The summed E-state index contributed by atoms with van der Waals surface area (Å²) >= 11 is 4.25. The van der Waals surface area contributed by atoms with Crippen LogP contribution in [-0.4, -0.2) is 0 Å². The second-order valence-electron chi connectivity index (χ2n) is 1.65. The van der Waals surface area contributed by atoms with Crippen LogP contribution in [0.2, 0.25) is 0 Å². The van der Waals surface area contributed by atoms with Gasteiger partial charge in [0.2, 0.25) is 0 Å². The Morgan fingerprint density at radius 1 is 1.50 bits per heavy atom. The number of nitrogens with zero attached hydrogens (tertiary/aromatic N) is 1. The van der Waals surface area contributed by atoms with E-state index < -0.39 is 11.6 Å². The van der Waals surface area contributed by atoms with Crippen LogP contribution in [-0.2, 0) is 16.3 Å². The molecule has 0 saturated heterocycles. The first-order valence-electron chi connectivity index (χ1n) is 2.77. The summed E-state index contributed by atoms with van der Waals surface area (Å²) < 4.78 is 24.5. The van der Waals surface area contributed by atoms with E-state index in [-0.39, 0.29) is 5.56 Å². The third kappa shape index (κ3) is 3.38. The fourth-order valence-electron chi connectivity index (χ4n) is 0.531. The van der Waals surface area contributed by atoms with Crippen molar-refractivity contribution in [1.29, 1.82) is 5.26 Å². The standard InChI is InChI=1S/C7H2F2N.BrH.Zn/c8-6-2-1-5(4-10)7(9)3-6;;/h2-3H;1H;/q-1;;+2/p-1. The molecular weight excluding hydrogens is 281 g/mol. The van der Waals surface area contributed by atoms with Gasteiger partial charge in [-0.15, -0.1) is 12.1 Å². The molecule has 0 radical (unpaired) electrons. The zero-order chi connectivity index (χ0) is 9.56. The molecule has 0 spiro atoms. The zero-order valence-electron chi connectivity index (χ0n) is 5.94. The topological polar surface area (TPSA) is 23.8 Å². The van der Waals surface area contributed by atoms with E-state index in [9.17, 15) is 8.78 Å². The minimum absolute atomic E-state index is 0.263. The van der Waals surface area contributed by atoms with Gasteiger partial charge in [0, 0.05) is 11.6 Å². The Morgan fingerprint density at radius 3 is 2.50 bits per heavy atom. The number of hydrogen-bond acceptors (Lipinski definition) is 1. The first kappa shape index (κ1) is 11.7. The van der Waals surface area contributed by atoms with Crippen molar-refractivity contribution in [3.8, 4) is 6.07 Å². The zero-order valence-corrected chi connectivity index (χ0v) is 10.5. The van der Waals surface area contributed by atoms with E-state index in [4.69, 9.17) is 5.26 Å². The van der Waals surface area contributed by atoms with Gasteiger partial charge in [0.05, 0.1) is 0 Å². The molecule has 1 aromatic carbocycles. The second-order valence-corrected chi connectivity index (χ2v) is 1.65. The number of hydrogen-bond donors (Lipinski definition) is 0. The van der Waals surface area contributed by atoms with Crippen LogP contribution in [0.15, 0.2) is 12.1 Å². The van der Waals surface area contributed by atoms with Crippen LogP contribution < -0.4 is 0 Å². The van der Waals surface area contributed by atoms with Crippen molar-refractivity contribution in [2.45, 2.75) is 0 Å². The SMILES string of the molecule is N#Cc1[c-]cc(F)cc1F.[Zn+][Br]. The molecule has 0 heterocycles. The van der Waals surface area contributed by atoms with Crippen LogP contribution in [0.1, 0.15) is 5.56 Å². The molecule has 0 amide bonds. The molecule has 0 fully saturated rings. The van der Waals surface area contributed by atoms with E-state index >= 15 is 0 Å². The minimum atomic E-state index is -0.873. The summed E-state index contributed by atoms with van der Waals surface area (Å²) in [6.07, 6.45) is 0. The second kappa shape index (κ2) is 6.22. The summed E-state index contributed by atoms with van der Waals surface area (Å²) in [5.74, 6) is -1.60. The Morgan fingerprint density at radius 2 is 2.08 bits per heavy atom. The van der Waals surface area contributed by atoms with Gasteiger partial charge in [0.1, 0.15) is 0 Å². The predicted molar refractivity (Wildman–Crippen MR) is 38.8 cm³/mol. The summed E-state index contributed by atoms with van der Waals surface area (Å²) in [5.41, 5.74) is -0.263. The van der Waals surface area contributed by atoms with Crippen molar-refractivity contribution in [2.24, 2.45) is 0 Å². The summed E-state index contributed by atoms with van der Waals surface area (Å²) in [5, 5.41) is 8.17. The quantitative estimate of drug-likeness (QED) is 0.530. The van der Waals surface area contributed by atoms with Crippen molar-refractivity contribution < 1.29 is 25.1 Å². The number of benzene rings is 1. The van der Waals surface area contributed by atoms with Crippen LogP contribution in [0, 0.1) is 29.0 Å². The fraction of sp³-hybridized carbons (Fsp3) is 0. The molecule has 0 N–H and O–H groups in total. The molecule has 0 bridgehead atoms. The van der Waals surface area contributed by atoms with E-state index in [1.807, 2.05) is 0 Å². The number of rotatable bonds is 0. The molecule has 0 unspecified atom stereocenters. The van der Waals surface area contributed by atoms with Gasteiger partial charge in [0.15, 0.2) is 0 Å². The molecule has 1 aromatic rings. The van der Waals surface area contributed by atoms with Gasteiger partial charge in [0.25, 0.3) is 0 Å². The summed E-state index contributed by atoms with van der Waals surface area (Å²) in [4.78, 5) is 0. The fourth-order valence-corrected chi connectivity index (χ4v) is 0.531. The van der Waals surface area contributed by atoms with Crippen molar-refractivity contribution >= 4 is 13.6 Å². The molecule has 12 heavy (non-hydrogen) atoms. The van der Waals surface area contributed by atoms with E-state index in [1.54, 1.807) is 0 Å². The van der Waals surface area contributed by atoms with Gasteiger partial charge >= 0.3 is 30.0 Å². The monoisotopic (exact) mass is 281 g/mol. The summed E-state index contributed by atoms with van der Waals surface area (Å²) in [6.45, 7) is 0. The van der Waals surface area contributed by atoms with Crippen molar-refractivity contribution in [2.75, 3.05) is 0 Å². The van der Waals surface area contributed by atoms with Gasteiger partial charge in [-0.3, -0.25) is 14.0 Å². The third-order valence-electron chi connectivity index (χ3n) is 0.970. The van der Waals surface area contributed by atoms with Gasteiger partial charge in [-0.2, -0.15) is 0 Å². The molecule has 0 aliphatic carbocycles. The van der Waals surface area contributed by atoms with Crippen molar-refractivity contribution in [3.63, 3.8) is 0 Å². The molecule has 58 valence electrons. The summed E-state index contributed by atoms with van der Waals surface area (Å²) in [7, 11) is 0. The maximum atomic E-state index is 12.4. The Bertz CT molecular complexity index is 298. The predicted octanol–water partition coefficient (Wildman–Crippen LogP) is 2.48. The van der Waals surface area contributed by atoms with Crippen molar-refractivity contribution in [3.05, 3.63) is 35.4 Å². The van der Waals surface area contributed by atoms with Crippen LogP contribution in [0.4, 0.5) is 8.78 Å². The molecule has 0 aliphatic heterocycles. The average Bonchev–Trinajstić information content (AvgIpc) is 2.08. The van der Waals surface area contributed by atoms with E-state index in [1.165, 1.54) is 22.4 Å². The van der Waals surface area contributed by atoms with Crippen LogP contribution in [0.5, 0.6) is 0 Å². The molecule has 0 aliphatic rings. The molecule has 1 nitrogen and oxygen atoms in total. The van der Waals surface area contributed by atoms with Gasteiger partial charge in [-0.1, -0.05) is 6.07 Å². The van der Waals surface area contributed by atoms with Crippen LogP contribution >= 0.6 is 13.6 Å². The molecule has 5 heteroatoms. The normalized spacial score (nSPS) is 8.00.